The summed E-state index contributed by atoms with van der Waals surface area (Å²) in [6.07, 6.45) is 1.06. The molecule has 1 aliphatic heterocycles. The minimum absolute atomic E-state index is 0.117. The molecule has 0 bridgehead atoms. The smallest absolute Gasteiger partial charge is 0.193 e. The van der Waals surface area contributed by atoms with Crippen LogP contribution in [0.4, 0.5) is 5.69 Å². The molecule has 0 fully saturated rings. The molecule has 0 amide bonds. The summed E-state index contributed by atoms with van der Waals surface area (Å²) in [6, 6.07) is 7.91. The average Bonchev–Trinajstić information content (AvgIpc) is 2.95. The second-order valence-electron chi connectivity index (χ2n) is 4.32. The first kappa shape index (κ1) is 10.5. The van der Waals surface area contributed by atoms with Gasteiger partial charge in [-0.25, -0.2) is 0 Å². The Morgan fingerprint density at radius 1 is 1.29 bits per heavy atom. The number of hydrogen-bond donors (Lipinski definition) is 1. The molecule has 0 aliphatic carbocycles. The van der Waals surface area contributed by atoms with E-state index < -0.39 is 0 Å². The average molecular weight is 243 g/mol. The van der Waals surface area contributed by atoms with Crippen molar-refractivity contribution < 1.29 is 4.79 Å². The van der Waals surface area contributed by atoms with Crippen molar-refractivity contribution in [1.82, 2.24) is 0 Å². The van der Waals surface area contributed by atoms with Crippen LogP contribution in [0.3, 0.4) is 0 Å². The molecule has 2 heterocycles. The van der Waals surface area contributed by atoms with Crippen molar-refractivity contribution in [3.8, 4) is 0 Å². The van der Waals surface area contributed by atoms with Crippen molar-refractivity contribution in [2.45, 2.75) is 13.3 Å². The molecule has 0 spiro atoms. The SMILES string of the molecule is Cc1cc(C(=O)c2ccc3c(c2)NCC3)cs1. The summed E-state index contributed by atoms with van der Waals surface area (Å²) in [6.45, 7) is 3.00. The van der Waals surface area contributed by atoms with E-state index >= 15 is 0 Å². The number of fused-ring (bicyclic) bond motifs is 1. The normalized spacial score (nSPS) is 13.2. The van der Waals surface area contributed by atoms with Gasteiger partial charge in [0.1, 0.15) is 0 Å². The van der Waals surface area contributed by atoms with Crippen LogP contribution >= 0.6 is 11.3 Å². The van der Waals surface area contributed by atoms with E-state index in [1.165, 1.54) is 10.4 Å². The highest BCUT2D eigenvalue weighted by Gasteiger charge is 2.15. The van der Waals surface area contributed by atoms with Crippen molar-refractivity contribution in [2.75, 3.05) is 11.9 Å². The number of rotatable bonds is 2. The molecule has 0 radical (unpaired) electrons. The summed E-state index contributed by atoms with van der Waals surface area (Å²) in [5.74, 6) is 0.117. The minimum atomic E-state index is 0.117. The molecule has 3 rings (SSSR count). The Kier molecular flexibility index (Phi) is 2.48. The van der Waals surface area contributed by atoms with Gasteiger partial charge in [-0.1, -0.05) is 12.1 Å². The highest BCUT2D eigenvalue weighted by Crippen LogP contribution is 2.25. The van der Waals surface area contributed by atoms with Crippen LogP contribution in [0.15, 0.2) is 29.6 Å². The molecule has 1 aromatic heterocycles. The van der Waals surface area contributed by atoms with E-state index in [2.05, 4.69) is 11.4 Å². The van der Waals surface area contributed by atoms with E-state index in [0.29, 0.717) is 0 Å². The summed E-state index contributed by atoms with van der Waals surface area (Å²) in [4.78, 5) is 13.4. The molecule has 1 aromatic carbocycles. The van der Waals surface area contributed by atoms with E-state index in [1.54, 1.807) is 11.3 Å². The quantitative estimate of drug-likeness (QED) is 0.820. The lowest BCUT2D eigenvalue weighted by Crippen LogP contribution is -2.00. The fourth-order valence-electron chi connectivity index (χ4n) is 2.16. The second kappa shape index (κ2) is 4.00. The summed E-state index contributed by atoms with van der Waals surface area (Å²) < 4.78 is 0. The van der Waals surface area contributed by atoms with Crippen LogP contribution in [0.2, 0.25) is 0 Å². The number of anilines is 1. The molecule has 2 aromatic rings. The Balaban J connectivity index is 1.97. The topological polar surface area (TPSA) is 29.1 Å². The molecular weight excluding hydrogens is 230 g/mol. The number of nitrogens with one attached hydrogen (secondary N) is 1. The van der Waals surface area contributed by atoms with Gasteiger partial charge in [0, 0.05) is 33.6 Å². The van der Waals surface area contributed by atoms with E-state index in [-0.39, 0.29) is 5.78 Å². The van der Waals surface area contributed by atoms with Crippen LogP contribution < -0.4 is 5.32 Å². The Bertz CT molecular complexity index is 586. The fourth-order valence-corrected chi connectivity index (χ4v) is 2.84. The zero-order chi connectivity index (χ0) is 11.8. The van der Waals surface area contributed by atoms with Crippen molar-refractivity contribution in [2.24, 2.45) is 0 Å². The Morgan fingerprint density at radius 2 is 2.18 bits per heavy atom. The third kappa shape index (κ3) is 1.87. The first-order chi connectivity index (χ1) is 8.24. The zero-order valence-electron chi connectivity index (χ0n) is 9.62. The first-order valence-corrected chi connectivity index (χ1v) is 6.58. The van der Waals surface area contributed by atoms with Gasteiger partial charge in [0.25, 0.3) is 0 Å². The predicted molar refractivity (Wildman–Crippen MR) is 71.1 cm³/mol. The van der Waals surface area contributed by atoms with Gasteiger partial charge < -0.3 is 5.32 Å². The number of aryl methyl sites for hydroxylation is 1. The van der Waals surface area contributed by atoms with Crippen molar-refractivity contribution in [3.63, 3.8) is 0 Å². The molecule has 0 atom stereocenters. The fraction of sp³-hybridized carbons (Fsp3) is 0.214. The lowest BCUT2D eigenvalue weighted by Gasteiger charge is -2.03. The maximum Gasteiger partial charge on any atom is 0.193 e. The highest BCUT2D eigenvalue weighted by molar-refractivity contribution is 7.10. The van der Waals surface area contributed by atoms with E-state index in [9.17, 15) is 4.79 Å². The van der Waals surface area contributed by atoms with Gasteiger partial charge >= 0.3 is 0 Å². The maximum atomic E-state index is 12.2. The molecule has 17 heavy (non-hydrogen) atoms. The molecule has 1 N–H and O–H groups in total. The lowest BCUT2D eigenvalue weighted by atomic mass is 10.0. The van der Waals surface area contributed by atoms with Gasteiger partial charge in [0.15, 0.2) is 5.78 Å². The van der Waals surface area contributed by atoms with Crippen LogP contribution in [0.5, 0.6) is 0 Å². The second-order valence-corrected chi connectivity index (χ2v) is 5.44. The maximum absolute atomic E-state index is 12.2. The van der Waals surface area contributed by atoms with E-state index in [4.69, 9.17) is 0 Å². The number of ketones is 1. The summed E-state index contributed by atoms with van der Waals surface area (Å²) >= 11 is 1.62. The Labute approximate surface area is 104 Å². The molecule has 0 saturated carbocycles. The first-order valence-electron chi connectivity index (χ1n) is 5.71. The number of carbonyl (C=O) groups excluding carboxylic acids is 1. The summed E-state index contributed by atoms with van der Waals surface area (Å²) in [5, 5.41) is 5.23. The van der Waals surface area contributed by atoms with Gasteiger partial charge in [-0.2, -0.15) is 0 Å². The van der Waals surface area contributed by atoms with Crippen molar-refractivity contribution >= 4 is 22.8 Å². The number of thiophene rings is 1. The van der Waals surface area contributed by atoms with Gasteiger partial charge in [-0.15, -0.1) is 11.3 Å². The summed E-state index contributed by atoms with van der Waals surface area (Å²) in [5.41, 5.74) is 3.99. The molecule has 86 valence electrons. The van der Waals surface area contributed by atoms with Crippen LogP contribution in [0.1, 0.15) is 26.4 Å². The Morgan fingerprint density at radius 3 is 2.94 bits per heavy atom. The van der Waals surface area contributed by atoms with Gasteiger partial charge in [-0.05, 0) is 31.0 Å². The highest BCUT2D eigenvalue weighted by atomic mass is 32.1. The number of hydrogen-bond acceptors (Lipinski definition) is 3. The minimum Gasteiger partial charge on any atom is -0.384 e. The largest absolute Gasteiger partial charge is 0.384 e. The van der Waals surface area contributed by atoms with Crippen molar-refractivity contribution in [3.05, 3.63) is 51.2 Å². The molecule has 3 heteroatoms. The van der Waals surface area contributed by atoms with Crippen LogP contribution in [0, 0.1) is 6.92 Å². The van der Waals surface area contributed by atoms with Gasteiger partial charge in [0.2, 0.25) is 0 Å². The monoisotopic (exact) mass is 243 g/mol. The molecule has 0 saturated heterocycles. The van der Waals surface area contributed by atoms with Gasteiger partial charge in [0.05, 0.1) is 0 Å². The Hall–Kier alpha value is -1.61. The summed E-state index contributed by atoms with van der Waals surface area (Å²) in [7, 11) is 0. The third-order valence-corrected chi connectivity index (χ3v) is 3.94. The number of carbonyl (C=O) groups is 1. The molecule has 0 unspecified atom stereocenters. The van der Waals surface area contributed by atoms with Crippen LogP contribution in [-0.2, 0) is 6.42 Å². The zero-order valence-corrected chi connectivity index (χ0v) is 10.4. The van der Waals surface area contributed by atoms with Crippen molar-refractivity contribution in [1.29, 1.82) is 0 Å². The third-order valence-electron chi connectivity index (χ3n) is 3.07. The number of benzene rings is 1. The van der Waals surface area contributed by atoms with Crippen LogP contribution in [-0.4, -0.2) is 12.3 Å². The molecule has 2 nitrogen and oxygen atoms in total. The standard InChI is InChI=1S/C14H13NOS/c1-9-6-12(8-17-9)14(16)11-3-2-10-4-5-15-13(10)7-11/h2-3,6-8,15H,4-5H2,1H3. The van der Waals surface area contributed by atoms with Gasteiger partial charge in [-0.3, -0.25) is 4.79 Å². The molecule has 1 aliphatic rings. The predicted octanol–water partition coefficient (Wildman–Crippen LogP) is 3.26. The van der Waals surface area contributed by atoms with E-state index in [1.807, 2.05) is 30.5 Å². The lowest BCUT2D eigenvalue weighted by molar-refractivity contribution is 0.103. The van der Waals surface area contributed by atoms with E-state index in [0.717, 1.165) is 29.8 Å². The van der Waals surface area contributed by atoms with Crippen LogP contribution in [0.25, 0.3) is 0 Å². The molecular formula is C14H13NOS.